The van der Waals surface area contributed by atoms with Gasteiger partial charge in [0.1, 0.15) is 11.9 Å². The molecule has 0 bridgehead atoms. The Bertz CT molecular complexity index is 1030. The van der Waals surface area contributed by atoms with Gasteiger partial charge in [-0.15, -0.1) is 0 Å². The third-order valence-electron chi connectivity index (χ3n) is 4.69. The molecule has 3 rings (SSSR count). The minimum Gasteiger partial charge on any atom is -0.491 e. The first-order valence-electron chi connectivity index (χ1n) is 8.82. The van der Waals surface area contributed by atoms with Crippen LogP contribution in [0.2, 0.25) is 5.02 Å². The fraction of sp³-hybridized carbons (Fsp3) is 0.368. The number of halogens is 3. The van der Waals surface area contributed by atoms with Crippen LogP contribution in [0.3, 0.4) is 0 Å². The number of sulfonamides is 1. The van der Waals surface area contributed by atoms with Crippen molar-refractivity contribution in [2.75, 3.05) is 32.0 Å². The van der Waals surface area contributed by atoms with Crippen LogP contribution in [0.15, 0.2) is 29.2 Å². The third-order valence-corrected chi connectivity index (χ3v) is 6.51. The highest BCUT2D eigenvalue weighted by atomic mass is 35.5. The maximum atomic E-state index is 14.3. The van der Waals surface area contributed by atoms with Crippen molar-refractivity contribution in [3.8, 4) is 11.5 Å². The molecule has 29 heavy (non-hydrogen) atoms. The Balaban J connectivity index is 1.88. The minimum atomic E-state index is -4.27. The number of likely N-dealkylation sites (N-methyl/N-ethyl adjacent to an activating group) is 1. The number of likely N-dealkylation sites (tertiary alicyclic amines) is 1. The molecule has 1 N–H and O–H groups in total. The predicted molar refractivity (Wildman–Crippen MR) is 106 cm³/mol. The summed E-state index contributed by atoms with van der Waals surface area (Å²) in [5.41, 5.74) is -0.0954. The van der Waals surface area contributed by atoms with Gasteiger partial charge in [0.05, 0.1) is 22.7 Å². The normalized spacial score (nSPS) is 17.4. The Morgan fingerprint density at radius 1 is 1.28 bits per heavy atom. The molecule has 0 radical (unpaired) electrons. The number of ether oxygens (including phenoxy) is 2. The van der Waals surface area contributed by atoms with Crippen molar-refractivity contribution in [1.82, 2.24) is 4.90 Å². The number of benzene rings is 2. The molecule has 1 aliphatic rings. The molecule has 0 amide bonds. The second-order valence-electron chi connectivity index (χ2n) is 6.87. The molecule has 1 atom stereocenters. The summed E-state index contributed by atoms with van der Waals surface area (Å²) in [4.78, 5) is 1.59. The Kier molecular flexibility index (Phi) is 6.21. The predicted octanol–water partition coefficient (Wildman–Crippen LogP) is 3.82. The van der Waals surface area contributed by atoms with Crippen molar-refractivity contribution >= 4 is 27.3 Å². The van der Waals surface area contributed by atoms with Crippen LogP contribution in [0.4, 0.5) is 14.5 Å². The van der Waals surface area contributed by atoms with Crippen molar-refractivity contribution in [1.29, 1.82) is 0 Å². The molecule has 1 aliphatic heterocycles. The Morgan fingerprint density at radius 2 is 2.00 bits per heavy atom. The van der Waals surface area contributed by atoms with Gasteiger partial charge in [-0.05, 0) is 38.6 Å². The van der Waals surface area contributed by atoms with Crippen molar-refractivity contribution in [3.63, 3.8) is 0 Å². The van der Waals surface area contributed by atoms with Gasteiger partial charge < -0.3 is 14.4 Å². The average molecular weight is 447 g/mol. The summed E-state index contributed by atoms with van der Waals surface area (Å²) >= 11 is 6.17. The van der Waals surface area contributed by atoms with E-state index < -0.39 is 32.3 Å². The van der Waals surface area contributed by atoms with Gasteiger partial charge in [0, 0.05) is 24.7 Å². The van der Waals surface area contributed by atoms with E-state index in [4.69, 9.17) is 16.3 Å². The molecular weight excluding hydrogens is 426 g/mol. The number of nitrogens with zero attached hydrogens (tertiary/aromatic N) is 1. The van der Waals surface area contributed by atoms with E-state index in [1.807, 2.05) is 7.05 Å². The van der Waals surface area contributed by atoms with Gasteiger partial charge in [0.2, 0.25) is 0 Å². The fourth-order valence-electron chi connectivity index (χ4n) is 3.18. The van der Waals surface area contributed by atoms with Crippen LogP contribution >= 0.6 is 11.6 Å². The quantitative estimate of drug-likeness (QED) is 0.730. The van der Waals surface area contributed by atoms with Gasteiger partial charge in [0.25, 0.3) is 10.0 Å². The summed E-state index contributed by atoms with van der Waals surface area (Å²) in [7, 11) is -1.19. The molecule has 0 spiro atoms. The summed E-state index contributed by atoms with van der Waals surface area (Å²) in [5.74, 6) is -2.49. The summed E-state index contributed by atoms with van der Waals surface area (Å²) in [6, 6.07) is 5.11. The molecule has 10 heteroatoms. The zero-order valence-electron chi connectivity index (χ0n) is 16.1. The van der Waals surface area contributed by atoms with E-state index in [9.17, 15) is 17.2 Å². The van der Waals surface area contributed by atoms with E-state index in [1.165, 1.54) is 25.1 Å². The smallest absolute Gasteiger partial charge is 0.262 e. The maximum absolute atomic E-state index is 14.3. The highest BCUT2D eigenvalue weighted by Crippen LogP contribution is 2.33. The number of methoxy groups -OCH3 is 1. The zero-order valence-corrected chi connectivity index (χ0v) is 17.7. The molecule has 0 saturated carbocycles. The molecule has 2 aromatic rings. The monoisotopic (exact) mass is 446 g/mol. The molecular formula is C19H21ClF2N2O4S. The molecule has 0 unspecified atom stereocenters. The fourth-order valence-corrected chi connectivity index (χ4v) is 4.64. The van der Waals surface area contributed by atoms with Crippen molar-refractivity contribution in [3.05, 3.63) is 46.5 Å². The number of hydrogen-bond acceptors (Lipinski definition) is 5. The van der Waals surface area contributed by atoms with E-state index in [2.05, 4.69) is 14.4 Å². The minimum absolute atomic E-state index is 0.0589. The number of anilines is 1. The van der Waals surface area contributed by atoms with Gasteiger partial charge in [0.15, 0.2) is 17.4 Å². The lowest BCUT2D eigenvalue weighted by Crippen LogP contribution is -2.21. The van der Waals surface area contributed by atoms with Crippen LogP contribution in [0.25, 0.3) is 0 Å². The lowest BCUT2D eigenvalue weighted by molar-refractivity contribution is 0.208. The molecule has 1 fully saturated rings. The van der Waals surface area contributed by atoms with Crippen LogP contribution < -0.4 is 14.2 Å². The first-order valence-corrected chi connectivity index (χ1v) is 10.7. The number of nitrogens with one attached hydrogen (secondary N) is 1. The Labute approximate surface area is 173 Å². The lowest BCUT2D eigenvalue weighted by atomic mass is 10.2. The first-order chi connectivity index (χ1) is 13.6. The second-order valence-corrected chi connectivity index (χ2v) is 8.93. The van der Waals surface area contributed by atoms with Crippen LogP contribution in [0, 0.1) is 18.6 Å². The molecule has 2 aromatic carbocycles. The number of rotatable bonds is 6. The summed E-state index contributed by atoms with van der Waals surface area (Å²) < 4.78 is 66.6. The van der Waals surface area contributed by atoms with Crippen LogP contribution in [0.1, 0.15) is 12.0 Å². The summed E-state index contributed by atoms with van der Waals surface area (Å²) in [6.45, 7) is 2.86. The topological polar surface area (TPSA) is 67.9 Å². The maximum Gasteiger partial charge on any atom is 0.262 e. The van der Waals surface area contributed by atoms with E-state index in [0.29, 0.717) is 10.8 Å². The van der Waals surface area contributed by atoms with Crippen molar-refractivity contribution < 1.29 is 26.7 Å². The first kappa shape index (κ1) is 21.6. The molecule has 6 nitrogen and oxygen atoms in total. The Hall–Kier alpha value is -2.10. The van der Waals surface area contributed by atoms with Gasteiger partial charge in [-0.1, -0.05) is 11.6 Å². The molecule has 0 aromatic heterocycles. The van der Waals surface area contributed by atoms with E-state index in [1.54, 1.807) is 0 Å². The standard InChI is InChI=1S/C19H21ClF2N2O4S/c1-11-17(9-15(21)19(27-3)18(11)22)29(25,26)23-12-4-5-14(20)16(8-12)28-13-6-7-24(2)10-13/h4-5,8-9,13,23H,6-7,10H2,1-3H3/t13-/m1/s1. The van der Waals surface area contributed by atoms with Crippen LogP contribution in [-0.4, -0.2) is 46.7 Å². The zero-order chi connectivity index (χ0) is 21.3. The van der Waals surface area contributed by atoms with E-state index in [-0.39, 0.29) is 17.4 Å². The molecule has 1 heterocycles. The summed E-state index contributed by atoms with van der Waals surface area (Å²) in [5, 5.41) is 0.334. The SMILES string of the molecule is COc1c(F)cc(S(=O)(=O)Nc2ccc(Cl)c(O[C@@H]3CCN(C)C3)c2)c(C)c1F. The largest absolute Gasteiger partial charge is 0.491 e. The highest BCUT2D eigenvalue weighted by molar-refractivity contribution is 7.92. The van der Waals surface area contributed by atoms with Gasteiger partial charge >= 0.3 is 0 Å². The van der Waals surface area contributed by atoms with Crippen LogP contribution in [-0.2, 0) is 10.0 Å². The molecule has 1 saturated heterocycles. The van der Waals surface area contributed by atoms with Crippen LogP contribution in [0.5, 0.6) is 11.5 Å². The molecule has 158 valence electrons. The van der Waals surface area contributed by atoms with Gasteiger partial charge in [-0.3, -0.25) is 4.72 Å². The lowest BCUT2D eigenvalue weighted by Gasteiger charge is -2.17. The van der Waals surface area contributed by atoms with Crippen molar-refractivity contribution in [2.24, 2.45) is 0 Å². The third kappa shape index (κ3) is 4.57. The van der Waals surface area contributed by atoms with Crippen molar-refractivity contribution in [2.45, 2.75) is 24.3 Å². The second kappa shape index (κ2) is 8.33. The van der Waals surface area contributed by atoms with E-state index in [0.717, 1.165) is 32.7 Å². The van der Waals surface area contributed by atoms with E-state index >= 15 is 0 Å². The average Bonchev–Trinajstić information content (AvgIpc) is 3.06. The number of hydrogen-bond donors (Lipinski definition) is 1. The Morgan fingerprint density at radius 3 is 2.62 bits per heavy atom. The highest BCUT2D eigenvalue weighted by Gasteiger charge is 2.26. The van der Waals surface area contributed by atoms with Gasteiger partial charge in [-0.2, -0.15) is 0 Å². The summed E-state index contributed by atoms with van der Waals surface area (Å²) in [6.07, 6.45) is 0.767. The van der Waals surface area contributed by atoms with Gasteiger partial charge in [-0.25, -0.2) is 17.2 Å². The molecule has 0 aliphatic carbocycles.